The maximum Gasteiger partial charge on any atom is 0.236 e. The van der Waals surface area contributed by atoms with Gasteiger partial charge in [-0.2, -0.15) is 0 Å². The lowest BCUT2D eigenvalue weighted by atomic mass is 10.1. The molecule has 1 aromatic carbocycles. The van der Waals surface area contributed by atoms with Crippen LogP contribution in [0.2, 0.25) is 0 Å². The van der Waals surface area contributed by atoms with Gasteiger partial charge in [0.2, 0.25) is 5.91 Å². The average molecular weight is 277 g/mol. The molecule has 0 radical (unpaired) electrons. The van der Waals surface area contributed by atoms with E-state index in [1.54, 1.807) is 0 Å². The minimum atomic E-state index is -0.301. The topological polar surface area (TPSA) is 58.4 Å². The number of nitrogens with two attached hydrogens (primary N) is 1. The number of carbonyl (C=O) groups excluding carboxylic acids is 1. The zero-order valence-electron chi connectivity index (χ0n) is 13.3. The second kappa shape index (κ2) is 6.75. The summed E-state index contributed by atoms with van der Waals surface area (Å²) in [5.74, 6) is -0.301. The number of anilines is 1. The van der Waals surface area contributed by atoms with Crippen LogP contribution in [0, 0.1) is 6.92 Å². The monoisotopic (exact) mass is 277 g/mol. The van der Waals surface area contributed by atoms with Crippen LogP contribution in [-0.2, 0) is 11.3 Å². The SMILES string of the molecule is CCN(CC(N)=O)c1ccc(CNC(C)(C)C)cc1C. The number of likely N-dealkylation sites (N-methyl/N-ethyl adjacent to an activating group) is 1. The molecule has 0 aromatic heterocycles. The Hall–Kier alpha value is -1.55. The number of amides is 1. The number of rotatable bonds is 6. The summed E-state index contributed by atoms with van der Waals surface area (Å²) in [7, 11) is 0. The molecule has 0 aliphatic carbocycles. The molecule has 4 heteroatoms. The highest BCUT2D eigenvalue weighted by molar-refractivity contribution is 5.80. The van der Waals surface area contributed by atoms with Crippen molar-refractivity contribution in [2.24, 2.45) is 5.73 Å². The second-order valence-electron chi connectivity index (χ2n) is 6.20. The van der Waals surface area contributed by atoms with Gasteiger partial charge in [-0.1, -0.05) is 12.1 Å². The van der Waals surface area contributed by atoms with Crippen molar-refractivity contribution in [2.45, 2.75) is 46.7 Å². The molecule has 1 aromatic rings. The Bertz CT molecular complexity index is 463. The summed E-state index contributed by atoms with van der Waals surface area (Å²) in [6, 6.07) is 6.34. The predicted molar refractivity (Wildman–Crippen MR) is 84.9 cm³/mol. The van der Waals surface area contributed by atoms with Gasteiger partial charge in [0.1, 0.15) is 0 Å². The molecule has 0 aliphatic rings. The number of carbonyl (C=O) groups is 1. The average Bonchev–Trinajstić information content (AvgIpc) is 2.33. The van der Waals surface area contributed by atoms with Gasteiger partial charge in [0.15, 0.2) is 0 Å². The van der Waals surface area contributed by atoms with Gasteiger partial charge in [0, 0.05) is 24.3 Å². The normalized spacial score (nSPS) is 11.4. The molecular formula is C16H27N3O. The molecule has 0 saturated heterocycles. The first-order chi connectivity index (χ1) is 9.23. The highest BCUT2D eigenvalue weighted by Crippen LogP contribution is 2.21. The van der Waals surface area contributed by atoms with Crippen LogP contribution in [-0.4, -0.2) is 24.5 Å². The molecule has 0 bridgehead atoms. The molecule has 0 fully saturated rings. The molecule has 0 spiro atoms. The third-order valence-corrected chi connectivity index (χ3v) is 3.15. The van der Waals surface area contributed by atoms with Gasteiger partial charge < -0.3 is 16.0 Å². The fourth-order valence-corrected chi connectivity index (χ4v) is 2.10. The van der Waals surface area contributed by atoms with Gasteiger partial charge in [-0.3, -0.25) is 4.79 Å². The van der Waals surface area contributed by atoms with Gasteiger partial charge in [-0.05, 0) is 51.8 Å². The number of hydrogen-bond donors (Lipinski definition) is 2. The van der Waals surface area contributed by atoms with E-state index < -0.39 is 0 Å². The summed E-state index contributed by atoms with van der Waals surface area (Å²) in [5, 5.41) is 3.47. The summed E-state index contributed by atoms with van der Waals surface area (Å²) in [5.41, 5.74) is 8.89. The summed E-state index contributed by atoms with van der Waals surface area (Å²) in [6.07, 6.45) is 0. The van der Waals surface area contributed by atoms with Crippen LogP contribution in [0.3, 0.4) is 0 Å². The van der Waals surface area contributed by atoms with E-state index in [-0.39, 0.29) is 18.0 Å². The third-order valence-electron chi connectivity index (χ3n) is 3.15. The summed E-state index contributed by atoms with van der Waals surface area (Å²) in [4.78, 5) is 13.1. The maximum absolute atomic E-state index is 11.1. The molecular weight excluding hydrogens is 250 g/mol. The lowest BCUT2D eigenvalue weighted by molar-refractivity contribution is -0.116. The van der Waals surface area contributed by atoms with E-state index in [2.05, 4.69) is 51.2 Å². The summed E-state index contributed by atoms with van der Waals surface area (Å²) in [6.45, 7) is 12.4. The van der Waals surface area contributed by atoms with Gasteiger partial charge >= 0.3 is 0 Å². The number of nitrogens with zero attached hydrogens (tertiary/aromatic N) is 1. The molecule has 0 atom stereocenters. The van der Waals surface area contributed by atoms with Crippen LogP contribution >= 0.6 is 0 Å². The fraction of sp³-hybridized carbons (Fsp3) is 0.562. The number of aryl methyl sites for hydroxylation is 1. The summed E-state index contributed by atoms with van der Waals surface area (Å²) >= 11 is 0. The van der Waals surface area contributed by atoms with E-state index in [4.69, 9.17) is 5.73 Å². The van der Waals surface area contributed by atoms with Crippen LogP contribution in [0.1, 0.15) is 38.8 Å². The van der Waals surface area contributed by atoms with Crippen molar-refractivity contribution in [3.8, 4) is 0 Å². The van der Waals surface area contributed by atoms with Crippen molar-refractivity contribution in [3.63, 3.8) is 0 Å². The summed E-state index contributed by atoms with van der Waals surface area (Å²) < 4.78 is 0. The fourth-order valence-electron chi connectivity index (χ4n) is 2.10. The molecule has 0 saturated carbocycles. The van der Waals surface area contributed by atoms with Gasteiger partial charge in [0.25, 0.3) is 0 Å². The van der Waals surface area contributed by atoms with Crippen LogP contribution in [0.5, 0.6) is 0 Å². The van der Waals surface area contributed by atoms with E-state index in [0.29, 0.717) is 0 Å². The maximum atomic E-state index is 11.1. The van der Waals surface area contributed by atoms with Crippen molar-refractivity contribution < 1.29 is 4.79 Å². The minimum absolute atomic E-state index is 0.105. The smallest absolute Gasteiger partial charge is 0.236 e. The van der Waals surface area contributed by atoms with E-state index in [1.165, 1.54) is 11.1 Å². The Labute approximate surface area is 122 Å². The largest absolute Gasteiger partial charge is 0.368 e. The Kier molecular flexibility index (Phi) is 5.57. The highest BCUT2D eigenvalue weighted by Gasteiger charge is 2.12. The standard InChI is InChI=1S/C16H27N3O/c1-6-19(11-15(17)20)14-8-7-13(9-12(14)2)10-18-16(3,4)5/h7-9,18H,6,10-11H2,1-5H3,(H2,17,20). The second-order valence-corrected chi connectivity index (χ2v) is 6.20. The highest BCUT2D eigenvalue weighted by atomic mass is 16.1. The Balaban J connectivity index is 2.84. The molecule has 20 heavy (non-hydrogen) atoms. The Morgan fingerprint density at radius 3 is 2.45 bits per heavy atom. The third kappa shape index (κ3) is 5.21. The first-order valence-corrected chi connectivity index (χ1v) is 7.10. The van der Waals surface area contributed by atoms with Crippen molar-refractivity contribution in [1.29, 1.82) is 0 Å². The lowest BCUT2D eigenvalue weighted by Crippen LogP contribution is -2.35. The molecule has 0 unspecified atom stereocenters. The minimum Gasteiger partial charge on any atom is -0.368 e. The van der Waals surface area contributed by atoms with Crippen molar-refractivity contribution in [3.05, 3.63) is 29.3 Å². The lowest BCUT2D eigenvalue weighted by Gasteiger charge is -2.25. The quantitative estimate of drug-likeness (QED) is 0.838. The first kappa shape index (κ1) is 16.5. The molecule has 4 nitrogen and oxygen atoms in total. The van der Waals surface area contributed by atoms with E-state index >= 15 is 0 Å². The molecule has 0 aliphatic heterocycles. The van der Waals surface area contributed by atoms with Gasteiger partial charge in [-0.15, -0.1) is 0 Å². The van der Waals surface area contributed by atoms with Gasteiger partial charge in [-0.25, -0.2) is 0 Å². The first-order valence-electron chi connectivity index (χ1n) is 7.10. The van der Waals surface area contributed by atoms with Crippen molar-refractivity contribution in [1.82, 2.24) is 5.32 Å². The van der Waals surface area contributed by atoms with Crippen molar-refractivity contribution in [2.75, 3.05) is 18.0 Å². The zero-order valence-corrected chi connectivity index (χ0v) is 13.3. The van der Waals surface area contributed by atoms with Gasteiger partial charge in [0.05, 0.1) is 6.54 Å². The van der Waals surface area contributed by atoms with Crippen LogP contribution in [0.4, 0.5) is 5.69 Å². The molecule has 1 amide bonds. The molecule has 112 valence electrons. The Morgan fingerprint density at radius 1 is 1.35 bits per heavy atom. The van der Waals surface area contributed by atoms with Crippen LogP contribution < -0.4 is 16.0 Å². The zero-order chi connectivity index (χ0) is 15.3. The molecule has 1 rings (SSSR count). The number of benzene rings is 1. The number of hydrogen-bond acceptors (Lipinski definition) is 3. The Morgan fingerprint density at radius 2 is 2.00 bits per heavy atom. The van der Waals surface area contributed by atoms with E-state index in [9.17, 15) is 4.79 Å². The number of nitrogens with one attached hydrogen (secondary N) is 1. The van der Waals surface area contributed by atoms with E-state index in [1.807, 2.05) is 11.8 Å². The number of primary amides is 1. The molecule has 3 N–H and O–H groups in total. The predicted octanol–water partition coefficient (Wildman–Crippen LogP) is 2.19. The van der Waals surface area contributed by atoms with Crippen molar-refractivity contribution >= 4 is 11.6 Å². The van der Waals surface area contributed by atoms with Crippen LogP contribution in [0.15, 0.2) is 18.2 Å². The molecule has 0 heterocycles. The van der Waals surface area contributed by atoms with Crippen LogP contribution in [0.25, 0.3) is 0 Å². The van der Waals surface area contributed by atoms with E-state index in [0.717, 1.165) is 18.8 Å².